The summed E-state index contributed by atoms with van der Waals surface area (Å²) in [5.74, 6) is -0.164. The molecule has 0 aromatic heterocycles. The van der Waals surface area contributed by atoms with Crippen molar-refractivity contribution in [3.05, 3.63) is 59.7 Å². The maximum absolute atomic E-state index is 12.2. The fourth-order valence-electron chi connectivity index (χ4n) is 2.50. The fourth-order valence-corrected chi connectivity index (χ4v) is 2.50. The Labute approximate surface area is 140 Å². The minimum atomic E-state index is -0.466. The highest BCUT2D eigenvalue weighted by atomic mass is 16.5. The lowest BCUT2D eigenvalue weighted by Gasteiger charge is -2.11. The van der Waals surface area contributed by atoms with Crippen LogP contribution in [0.4, 0.5) is 5.69 Å². The van der Waals surface area contributed by atoms with Crippen molar-refractivity contribution < 1.29 is 19.1 Å². The van der Waals surface area contributed by atoms with E-state index in [0.717, 1.165) is 18.4 Å². The molecule has 24 heavy (non-hydrogen) atoms. The number of hydrogen-bond acceptors (Lipinski definition) is 4. The lowest BCUT2D eigenvalue weighted by atomic mass is 10.2. The number of benzene rings is 2. The average Bonchev–Trinajstić information content (AvgIpc) is 3.12. The summed E-state index contributed by atoms with van der Waals surface area (Å²) in [7, 11) is 0. The molecule has 1 N–H and O–H groups in total. The van der Waals surface area contributed by atoms with Crippen LogP contribution in [0.2, 0.25) is 0 Å². The monoisotopic (exact) mass is 325 g/mol. The number of anilines is 1. The molecule has 2 aromatic rings. The zero-order valence-electron chi connectivity index (χ0n) is 13.5. The van der Waals surface area contributed by atoms with Gasteiger partial charge in [0.25, 0.3) is 5.91 Å². The van der Waals surface area contributed by atoms with Crippen LogP contribution in [0.25, 0.3) is 0 Å². The molecule has 0 spiro atoms. The van der Waals surface area contributed by atoms with Crippen molar-refractivity contribution in [2.45, 2.75) is 25.9 Å². The first-order chi connectivity index (χ1) is 11.6. The highest BCUT2D eigenvalue weighted by Gasteiger charge is 2.23. The molecule has 1 aliphatic rings. The van der Waals surface area contributed by atoms with Gasteiger partial charge < -0.3 is 14.8 Å². The van der Waals surface area contributed by atoms with Crippen LogP contribution in [-0.2, 0) is 9.53 Å². The second kappa shape index (κ2) is 7.27. The molecule has 1 aliphatic heterocycles. The van der Waals surface area contributed by atoms with Crippen LogP contribution in [0.5, 0.6) is 5.75 Å². The summed E-state index contributed by atoms with van der Waals surface area (Å²) < 4.78 is 10.7. The SMILES string of the molecule is Cc1ccc(OC(=O)c2cccc(NC(=O)C3CCCO3)c2)cc1. The molecule has 0 aliphatic carbocycles. The Morgan fingerprint density at radius 3 is 2.67 bits per heavy atom. The molecule has 5 nitrogen and oxygen atoms in total. The van der Waals surface area contributed by atoms with Crippen molar-refractivity contribution >= 4 is 17.6 Å². The maximum atomic E-state index is 12.2. The Balaban J connectivity index is 1.66. The van der Waals surface area contributed by atoms with E-state index in [1.54, 1.807) is 36.4 Å². The Morgan fingerprint density at radius 2 is 1.96 bits per heavy atom. The molecule has 3 rings (SSSR count). The van der Waals surface area contributed by atoms with Crippen molar-refractivity contribution in [3.8, 4) is 5.75 Å². The van der Waals surface area contributed by atoms with E-state index in [0.29, 0.717) is 23.6 Å². The minimum absolute atomic E-state index is 0.184. The van der Waals surface area contributed by atoms with Crippen molar-refractivity contribution in [1.29, 1.82) is 0 Å². The second-order valence-corrected chi connectivity index (χ2v) is 5.77. The lowest BCUT2D eigenvalue weighted by molar-refractivity contribution is -0.124. The van der Waals surface area contributed by atoms with Gasteiger partial charge in [-0.1, -0.05) is 23.8 Å². The van der Waals surface area contributed by atoms with Gasteiger partial charge in [-0.3, -0.25) is 4.79 Å². The van der Waals surface area contributed by atoms with Crippen LogP contribution in [-0.4, -0.2) is 24.6 Å². The molecule has 1 saturated heterocycles. The highest BCUT2D eigenvalue weighted by Crippen LogP contribution is 2.18. The van der Waals surface area contributed by atoms with Gasteiger partial charge in [-0.2, -0.15) is 0 Å². The number of esters is 1. The summed E-state index contributed by atoms with van der Waals surface area (Å²) in [5.41, 5.74) is 2.02. The smallest absolute Gasteiger partial charge is 0.343 e. The molecule has 0 saturated carbocycles. The van der Waals surface area contributed by atoms with Gasteiger partial charge >= 0.3 is 5.97 Å². The van der Waals surface area contributed by atoms with Crippen LogP contribution in [0.15, 0.2) is 48.5 Å². The molecule has 1 unspecified atom stereocenters. The number of hydrogen-bond donors (Lipinski definition) is 1. The van der Waals surface area contributed by atoms with Gasteiger partial charge in [0, 0.05) is 12.3 Å². The van der Waals surface area contributed by atoms with Gasteiger partial charge in [0.15, 0.2) is 0 Å². The largest absolute Gasteiger partial charge is 0.423 e. The quantitative estimate of drug-likeness (QED) is 0.692. The predicted octanol–water partition coefficient (Wildman–Crippen LogP) is 3.33. The van der Waals surface area contributed by atoms with E-state index in [1.165, 1.54) is 0 Å². The highest BCUT2D eigenvalue weighted by molar-refractivity contribution is 5.97. The third-order valence-electron chi connectivity index (χ3n) is 3.82. The van der Waals surface area contributed by atoms with Crippen molar-refractivity contribution in [2.75, 3.05) is 11.9 Å². The predicted molar refractivity (Wildman–Crippen MR) is 90.2 cm³/mol. The Bertz CT molecular complexity index is 733. The van der Waals surface area contributed by atoms with Crippen LogP contribution >= 0.6 is 0 Å². The summed E-state index contributed by atoms with van der Waals surface area (Å²) >= 11 is 0. The van der Waals surface area contributed by atoms with E-state index in [1.807, 2.05) is 19.1 Å². The summed E-state index contributed by atoms with van der Waals surface area (Å²) in [6.07, 6.45) is 1.20. The van der Waals surface area contributed by atoms with Crippen LogP contribution < -0.4 is 10.1 Å². The van der Waals surface area contributed by atoms with Crippen molar-refractivity contribution in [3.63, 3.8) is 0 Å². The first-order valence-corrected chi connectivity index (χ1v) is 7.93. The lowest BCUT2D eigenvalue weighted by Crippen LogP contribution is -2.26. The van der Waals surface area contributed by atoms with Gasteiger partial charge in [0.1, 0.15) is 11.9 Å². The zero-order valence-corrected chi connectivity index (χ0v) is 13.5. The maximum Gasteiger partial charge on any atom is 0.343 e. The summed E-state index contributed by atoms with van der Waals surface area (Å²) in [6, 6.07) is 13.9. The number of carbonyl (C=O) groups is 2. The molecule has 2 aromatic carbocycles. The minimum Gasteiger partial charge on any atom is -0.423 e. The van der Waals surface area contributed by atoms with Gasteiger partial charge in [0.2, 0.25) is 0 Å². The Hall–Kier alpha value is -2.66. The van der Waals surface area contributed by atoms with Crippen molar-refractivity contribution in [1.82, 2.24) is 0 Å². The number of nitrogens with one attached hydrogen (secondary N) is 1. The van der Waals surface area contributed by atoms with Gasteiger partial charge in [-0.15, -0.1) is 0 Å². The molecular formula is C19H19NO4. The third kappa shape index (κ3) is 4.00. The molecule has 1 amide bonds. The Kier molecular flexibility index (Phi) is 4.91. The summed E-state index contributed by atoms with van der Waals surface area (Å²) in [4.78, 5) is 24.3. The van der Waals surface area contributed by atoms with Crippen LogP contribution in [0, 0.1) is 6.92 Å². The van der Waals surface area contributed by atoms with E-state index >= 15 is 0 Å². The number of rotatable bonds is 4. The van der Waals surface area contributed by atoms with Gasteiger partial charge in [0.05, 0.1) is 5.56 Å². The zero-order chi connectivity index (χ0) is 16.9. The summed E-state index contributed by atoms with van der Waals surface area (Å²) in [6.45, 7) is 2.58. The topological polar surface area (TPSA) is 64.6 Å². The van der Waals surface area contributed by atoms with Gasteiger partial charge in [-0.25, -0.2) is 4.79 Å². The molecule has 0 bridgehead atoms. The second-order valence-electron chi connectivity index (χ2n) is 5.77. The van der Waals surface area contributed by atoms with Gasteiger partial charge in [-0.05, 0) is 50.1 Å². The van der Waals surface area contributed by atoms with E-state index in [2.05, 4.69) is 5.32 Å². The normalized spacial score (nSPS) is 16.6. The number of amides is 1. The van der Waals surface area contributed by atoms with E-state index < -0.39 is 12.1 Å². The first kappa shape index (κ1) is 16.2. The number of aryl methyl sites for hydroxylation is 1. The number of carbonyl (C=O) groups excluding carboxylic acids is 2. The first-order valence-electron chi connectivity index (χ1n) is 7.93. The summed E-state index contributed by atoms with van der Waals surface area (Å²) in [5, 5.41) is 2.78. The Morgan fingerprint density at radius 1 is 1.17 bits per heavy atom. The average molecular weight is 325 g/mol. The molecule has 124 valence electrons. The van der Waals surface area contributed by atoms with E-state index in [-0.39, 0.29) is 5.91 Å². The van der Waals surface area contributed by atoms with Crippen LogP contribution in [0.3, 0.4) is 0 Å². The molecule has 1 fully saturated rings. The molecule has 1 heterocycles. The molecule has 5 heteroatoms. The van der Waals surface area contributed by atoms with Crippen molar-refractivity contribution in [2.24, 2.45) is 0 Å². The van der Waals surface area contributed by atoms with E-state index in [9.17, 15) is 9.59 Å². The molecule has 1 atom stereocenters. The van der Waals surface area contributed by atoms with E-state index in [4.69, 9.17) is 9.47 Å². The van der Waals surface area contributed by atoms with Crippen LogP contribution in [0.1, 0.15) is 28.8 Å². The fraction of sp³-hybridized carbons (Fsp3) is 0.263. The molecular weight excluding hydrogens is 306 g/mol. The standard InChI is InChI=1S/C19H19NO4/c1-13-7-9-16(10-8-13)24-19(22)14-4-2-5-15(12-14)20-18(21)17-6-3-11-23-17/h2,4-5,7-10,12,17H,3,6,11H2,1H3,(H,20,21). The molecule has 0 radical (unpaired) electrons. The number of ether oxygens (including phenoxy) is 2. The third-order valence-corrected chi connectivity index (χ3v) is 3.82.